The summed E-state index contributed by atoms with van der Waals surface area (Å²) in [5.41, 5.74) is 0.777. The number of carbonyl (C=O) groups is 1. The van der Waals surface area contributed by atoms with Crippen LogP contribution < -0.4 is 14.2 Å². The van der Waals surface area contributed by atoms with Gasteiger partial charge in [-0.1, -0.05) is 27.2 Å². The molecule has 0 bridgehead atoms. The lowest BCUT2D eigenvalue weighted by molar-refractivity contribution is -0.149. The summed E-state index contributed by atoms with van der Waals surface area (Å²) in [7, 11) is 4.69. The molecule has 5 nitrogen and oxygen atoms in total. The number of carbonyl (C=O) groups excluding carboxylic acids is 1. The summed E-state index contributed by atoms with van der Waals surface area (Å²) in [6, 6.07) is 3.59. The van der Waals surface area contributed by atoms with Crippen LogP contribution in [0, 0.1) is 17.8 Å². The van der Waals surface area contributed by atoms with Gasteiger partial charge in [0.15, 0.2) is 11.5 Å². The van der Waals surface area contributed by atoms with Crippen LogP contribution in [0.4, 0.5) is 0 Å². The van der Waals surface area contributed by atoms with Gasteiger partial charge in [0.05, 0.1) is 21.3 Å². The van der Waals surface area contributed by atoms with Crippen LogP contribution in [0.25, 0.3) is 6.08 Å². The summed E-state index contributed by atoms with van der Waals surface area (Å²) in [5, 5.41) is 0. The molecule has 1 fully saturated rings. The molecule has 1 aromatic carbocycles. The van der Waals surface area contributed by atoms with Crippen molar-refractivity contribution in [2.45, 2.75) is 46.1 Å². The molecule has 1 aromatic rings. The molecule has 5 heteroatoms. The molecular formula is C22H32O5. The zero-order chi connectivity index (χ0) is 20.0. The molecule has 3 atom stereocenters. The Morgan fingerprint density at radius 2 is 1.70 bits per heavy atom. The number of benzene rings is 1. The molecule has 2 rings (SSSR count). The third-order valence-corrected chi connectivity index (χ3v) is 5.33. The number of esters is 1. The highest BCUT2D eigenvalue weighted by Gasteiger charge is 2.32. The fourth-order valence-electron chi connectivity index (χ4n) is 3.80. The Hall–Kier alpha value is -2.17. The first-order chi connectivity index (χ1) is 12.9. The summed E-state index contributed by atoms with van der Waals surface area (Å²) in [6.07, 6.45) is 6.43. The van der Waals surface area contributed by atoms with Gasteiger partial charge in [0.2, 0.25) is 5.75 Å². The van der Waals surface area contributed by atoms with Gasteiger partial charge >= 0.3 is 5.97 Å². The Morgan fingerprint density at radius 3 is 2.22 bits per heavy atom. The number of methoxy groups -OCH3 is 3. The SMILES string of the molecule is COc1cc(/C=C/C(=O)OC2CC(C)CCC2C(C)C)cc(OC)c1OC. The minimum absolute atomic E-state index is 0.00848. The molecule has 0 radical (unpaired) electrons. The highest BCUT2D eigenvalue weighted by molar-refractivity contribution is 5.87. The van der Waals surface area contributed by atoms with Gasteiger partial charge in [-0.15, -0.1) is 0 Å². The monoisotopic (exact) mass is 376 g/mol. The summed E-state index contributed by atoms with van der Waals surface area (Å²) in [4.78, 5) is 12.4. The number of hydrogen-bond donors (Lipinski definition) is 0. The van der Waals surface area contributed by atoms with E-state index < -0.39 is 0 Å². The van der Waals surface area contributed by atoms with Crippen molar-refractivity contribution in [3.05, 3.63) is 23.8 Å². The second-order valence-corrected chi connectivity index (χ2v) is 7.59. The lowest BCUT2D eigenvalue weighted by Gasteiger charge is -2.36. The van der Waals surface area contributed by atoms with Crippen LogP contribution in [0.3, 0.4) is 0 Å². The summed E-state index contributed by atoms with van der Waals surface area (Å²) in [6.45, 7) is 6.63. The third-order valence-electron chi connectivity index (χ3n) is 5.33. The fourth-order valence-corrected chi connectivity index (χ4v) is 3.80. The van der Waals surface area contributed by atoms with Crippen molar-refractivity contribution >= 4 is 12.0 Å². The van der Waals surface area contributed by atoms with Crippen molar-refractivity contribution in [3.8, 4) is 17.2 Å². The largest absolute Gasteiger partial charge is 0.493 e. The molecule has 150 valence electrons. The normalized spacial score (nSPS) is 22.7. The smallest absolute Gasteiger partial charge is 0.331 e. The third kappa shape index (κ3) is 5.41. The minimum atomic E-state index is -0.312. The number of rotatable bonds is 7. The molecule has 1 aliphatic rings. The quantitative estimate of drug-likeness (QED) is 0.509. The molecule has 0 heterocycles. The van der Waals surface area contributed by atoms with Crippen LogP contribution in [0.1, 0.15) is 45.6 Å². The molecule has 0 spiro atoms. The van der Waals surface area contributed by atoms with Crippen molar-refractivity contribution in [1.82, 2.24) is 0 Å². The summed E-state index contributed by atoms with van der Waals surface area (Å²) in [5.74, 6) is 2.84. The van der Waals surface area contributed by atoms with Crippen LogP contribution in [0.15, 0.2) is 18.2 Å². The summed E-state index contributed by atoms with van der Waals surface area (Å²) < 4.78 is 21.8. The van der Waals surface area contributed by atoms with Crippen LogP contribution in [0.2, 0.25) is 0 Å². The van der Waals surface area contributed by atoms with Crippen LogP contribution in [0.5, 0.6) is 17.2 Å². The van der Waals surface area contributed by atoms with E-state index in [2.05, 4.69) is 20.8 Å². The van der Waals surface area contributed by atoms with Gasteiger partial charge in [-0.05, 0) is 54.4 Å². The molecule has 0 N–H and O–H groups in total. The predicted octanol–water partition coefficient (Wildman–Crippen LogP) is 4.73. The first-order valence-electron chi connectivity index (χ1n) is 9.58. The maximum atomic E-state index is 12.4. The second kappa shape index (κ2) is 9.67. The maximum absolute atomic E-state index is 12.4. The van der Waals surface area contributed by atoms with Gasteiger partial charge in [0.25, 0.3) is 0 Å². The van der Waals surface area contributed by atoms with E-state index in [1.165, 1.54) is 12.5 Å². The first-order valence-corrected chi connectivity index (χ1v) is 9.58. The van der Waals surface area contributed by atoms with Crippen molar-refractivity contribution < 1.29 is 23.7 Å². The van der Waals surface area contributed by atoms with Crippen LogP contribution >= 0.6 is 0 Å². The van der Waals surface area contributed by atoms with Gasteiger partial charge in [-0.25, -0.2) is 4.79 Å². The molecule has 0 amide bonds. The Labute approximate surface area is 162 Å². The molecule has 1 aliphatic carbocycles. The lowest BCUT2D eigenvalue weighted by atomic mass is 9.75. The molecule has 3 unspecified atom stereocenters. The van der Waals surface area contributed by atoms with E-state index in [1.54, 1.807) is 39.5 Å². The highest BCUT2D eigenvalue weighted by atomic mass is 16.5. The van der Waals surface area contributed by atoms with Gasteiger partial charge in [0.1, 0.15) is 6.10 Å². The number of hydrogen-bond acceptors (Lipinski definition) is 5. The average molecular weight is 376 g/mol. The fraction of sp³-hybridized carbons (Fsp3) is 0.591. The standard InChI is InChI=1S/C22H32O5/c1-14(2)17-9-7-15(3)11-18(17)27-21(23)10-8-16-12-19(24-4)22(26-6)20(13-16)25-5/h8,10,12-15,17-18H,7,9,11H2,1-6H3/b10-8+. The number of ether oxygens (including phenoxy) is 4. The zero-order valence-electron chi connectivity index (χ0n) is 17.3. The highest BCUT2D eigenvalue weighted by Crippen LogP contribution is 2.39. The Balaban J connectivity index is 2.11. The predicted molar refractivity (Wildman–Crippen MR) is 106 cm³/mol. The van der Waals surface area contributed by atoms with Gasteiger partial charge in [-0.2, -0.15) is 0 Å². The molecule has 0 saturated heterocycles. The van der Waals surface area contributed by atoms with Crippen LogP contribution in [-0.2, 0) is 9.53 Å². The van der Waals surface area contributed by atoms with E-state index in [9.17, 15) is 4.79 Å². The van der Waals surface area contributed by atoms with E-state index in [-0.39, 0.29) is 12.1 Å². The summed E-state index contributed by atoms with van der Waals surface area (Å²) >= 11 is 0. The van der Waals surface area contributed by atoms with E-state index in [1.807, 2.05) is 0 Å². The topological polar surface area (TPSA) is 54.0 Å². The Kier molecular flexibility index (Phi) is 7.57. The van der Waals surface area contributed by atoms with Gasteiger partial charge < -0.3 is 18.9 Å². The van der Waals surface area contributed by atoms with Crippen LogP contribution in [-0.4, -0.2) is 33.4 Å². The minimum Gasteiger partial charge on any atom is -0.493 e. The van der Waals surface area contributed by atoms with E-state index in [0.717, 1.165) is 18.4 Å². The molecule has 0 aromatic heterocycles. The Bertz CT molecular complexity index is 640. The van der Waals surface area contributed by atoms with Gasteiger partial charge in [0, 0.05) is 6.08 Å². The molecule has 0 aliphatic heterocycles. The van der Waals surface area contributed by atoms with Crippen molar-refractivity contribution in [3.63, 3.8) is 0 Å². The van der Waals surface area contributed by atoms with Crippen molar-refractivity contribution in [1.29, 1.82) is 0 Å². The van der Waals surface area contributed by atoms with Crippen molar-refractivity contribution in [2.24, 2.45) is 17.8 Å². The van der Waals surface area contributed by atoms with E-state index in [4.69, 9.17) is 18.9 Å². The Morgan fingerprint density at radius 1 is 1.07 bits per heavy atom. The molecule has 1 saturated carbocycles. The second-order valence-electron chi connectivity index (χ2n) is 7.59. The van der Waals surface area contributed by atoms with Crippen molar-refractivity contribution in [2.75, 3.05) is 21.3 Å². The first kappa shape index (κ1) is 21.1. The lowest BCUT2D eigenvalue weighted by Crippen LogP contribution is -2.35. The van der Waals surface area contributed by atoms with E-state index in [0.29, 0.717) is 35.0 Å². The molecular weight excluding hydrogens is 344 g/mol. The van der Waals surface area contributed by atoms with E-state index >= 15 is 0 Å². The molecule has 27 heavy (non-hydrogen) atoms. The zero-order valence-corrected chi connectivity index (χ0v) is 17.3. The average Bonchev–Trinajstić information content (AvgIpc) is 2.65. The maximum Gasteiger partial charge on any atom is 0.331 e. The van der Waals surface area contributed by atoms with Gasteiger partial charge in [-0.3, -0.25) is 0 Å².